The molecule has 0 saturated heterocycles. The SMILES string of the molecule is Cc1ccc(S(=O)(=O)Nc2ccc3c(c2)C(=O)N(Cc2ccc(O)c(C(=O)O)c2)C3=O)cc1. The first kappa shape index (κ1) is 22.0. The van der Waals surface area contributed by atoms with E-state index in [2.05, 4.69) is 4.72 Å². The predicted molar refractivity (Wildman–Crippen MR) is 118 cm³/mol. The predicted octanol–water partition coefficient (Wildman–Crippen LogP) is 3.00. The van der Waals surface area contributed by atoms with Gasteiger partial charge in [0.05, 0.1) is 22.6 Å². The van der Waals surface area contributed by atoms with Crippen LogP contribution in [0.3, 0.4) is 0 Å². The standard InChI is InChI=1S/C23H18N2O7S/c1-13-2-6-16(7-3-13)33(31,32)24-15-5-8-17-18(11-15)22(28)25(21(17)27)12-14-4-9-20(26)19(10-14)23(29)30/h2-11,24,26H,12H2,1H3,(H,29,30). The highest BCUT2D eigenvalue weighted by Crippen LogP contribution is 2.29. The largest absolute Gasteiger partial charge is 0.507 e. The second-order valence-corrected chi connectivity index (χ2v) is 9.21. The Morgan fingerprint density at radius 3 is 2.27 bits per heavy atom. The second kappa shape index (κ2) is 8.06. The van der Waals surface area contributed by atoms with Crippen molar-refractivity contribution in [2.75, 3.05) is 4.72 Å². The number of hydrogen-bond acceptors (Lipinski definition) is 6. The van der Waals surface area contributed by atoms with Crippen LogP contribution in [0.2, 0.25) is 0 Å². The number of carboxylic acids is 1. The summed E-state index contributed by atoms with van der Waals surface area (Å²) in [4.78, 5) is 37.8. The zero-order chi connectivity index (χ0) is 23.9. The Kier molecular flexibility index (Phi) is 5.38. The third-order valence-corrected chi connectivity index (χ3v) is 6.58. The molecule has 4 rings (SSSR count). The van der Waals surface area contributed by atoms with Crippen molar-refractivity contribution in [1.82, 2.24) is 4.90 Å². The van der Waals surface area contributed by atoms with Gasteiger partial charge in [0.15, 0.2) is 0 Å². The highest BCUT2D eigenvalue weighted by Gasteiger charge is 2.36. The first-order chi connectivity index (χ1) is 15.6. The first-order valence-electron chi connectivity index (χ1n) is 9.72. The van der Waals surface area contributed by atoms with E-state index in [1.165, 1.54) is 48.5 Å². The number of carbonyl (C=O) groups excluding carboxylic acids is 2. The quantitative estimate of drug-likeness (QED) is 0.474. The molecule has 0 unspecified atom stereocenters. The highest BCUT2D eigenvalue weighted by atomic mass is 32.2. The number of fused-ring (bicyclic) bond motifs is 1. The maximum atomic E-state index is 12.9. The Labute approximate surface area is 189 Å². The lowest BCUT2D eigenvalue weighted by Crippen LogP contribution is -2.29. The van der Waals surface area contributed by atoms with Gasteiger partial charge in [0.1, 0.15) is 11.3 Å². The Balaban J connectivity index is 1.59. The van der Waals surface area contributed by atoms with Crippen LogP contribution in [0.15, 0.2) is 65.6 Å². The van der Waals surface area contributed by atoms with Gasteiger partial charge in [-0.15, -0.1) is 0 Å². The van der Waals surface area contributed by atoms with Gasteiger partial charge >= 0.3 is 5.97 Å². The van der Waals surface area contributed by atoms with Gasteiger partial charge in [-0.1, -0.05) is 23.8 Å². The van der Waals surface area contributed by atoms with Gasteiger partial charge < -0.3 is 10.2 Å². The van der Waals surface area contributed by atoms with Gasteiger partial charge in [0.25, 0.3) is 21.8 Å². The number of carbonyl (C=O) groups is 3. The van der Waals surface area contributed by atoms with E-state index in [-0.39, 0.29) is 33.8 Å². The number of aromatic hydroxyl groups is 1. The molecular weight excluding hydrogens is 448 g/mol. The second-order valence-electron chi connectivity index (χ2n) is 7.53. The lowest BCUT2D eigenvalue weighted by molar-refractivity contribution is 0.0641. The maximum Gasteiger partial charge on any atom is 0.339 e. The summed E-state index contributed by atoms with van der Waals surface area (Å²) in [6.45, 7) is 1.62. The number of aromatic carboxylic acids is 1. The third-order valence-electron chi connectivity index (χ3n) is 5.19. The summed E-state index contributed by atoms with van der Waals surface area (Å²) in [5.41, 5.74) is 1.14. The number of nitrogens with one attached hydrogen (secondary N) is 1. The molecule has 9 nitrogen and oxygen atoms in total. The topological polar surface area (TPSA) is 141 Å². The summed E-state index contributed by atoms with van der Waals surface area (Å²) in [7, 11) is -3.90. The number of benzene rings is 3. The molecule has 0 spiro atoms. The molecule has 1 heterocycles. The normalized spacial score (nSPS) is 13.2. The van der Waals surface area contributed by atoms with Crippen LogP contribution in [-0.2, 0) is 16.6 Å². The van der Waals surface area contributed by atoms with Crippen molar-refractivity contribution in [3.8, 4) is 5.75 Å². The van der Waals surface area contributed by atoms with E-state index in [0.717, 1.165) is 10.5 Å². The minimum Gasteiger partial charge on any atom is -0.507 e. The zero-order valence-electron chi connectivity index (χ0n) is 17.3. The summed E-state index contributed by atoms with van der Waals surface area (Å²) < 4.78 is 27.7. The zero-order valence-corrected chi connectivity index (χ0v) is 18.1. The van der Waals surface area contributed by atoms with E-state index in [1.807, 2.05) is 6.92 Å². The molecule has 33 heavy (non-hydrogen) atoms. The lowest BCUT2D eigenvalue weighted by Gasteiger charge is -2.14. The number of imide groups is 1. The Bertz CT molecular complexity index is 1410. The van der Waals surface area contributed by atoms with Crippen molar-refractivity contribution in [2.45, 2.75) is 18.4 Å². The number of amides is 2. The molecule has 3 N–H and O–H groups in total. The van der Waals surface area contributed by atoms with Crippen molar-refractivity contribution >= 4 is 33.5 Å². The number of rotatable bonds is 6. The summed E-state index contributed by atoms with van der Waals surface area (Å²) in [6.07, 6.45) is 0. The van der Waals surface area contributed by atoms with Crippen molar-refractivity contribution < 1.29 is 33.0 Å². The fourth-order valence-corrected chi connectivity index (χ4v) is 4.51. The van der Waals surface area contributed by atoms with Crippen LogP contribution in [0, 0.1) is 6.92 Å². The smallest absolute Gasteiger partial charge is 0.339 e. The molecule has 2 amide bonds. The number of hydrogen-bond donors (Lipinski definition) is 3. The van der Waals surface area contributed by atoms with Crippen LogP contribution in [0.4, 0.5) is 5.69 Å². The lowest BCUT2D eigenvalue weighted by atomic mass is 10.1. The number of anilines is 1. The monoisotopic (exact) mass is 466 g/mol. The molecule has 0 saturated carbocycles. The number of nitrogens with zero attached hydrogens (tertiary/aromatic N) is 1. The number of sulfonamides is 1. The van der Waals surface area contributed by atoms with Crippen molar-refractivity contribution in [3.05, 3.63) is 88.5 Å². The molecule has 0 aliphatic carbocycles. The molecular formula is C23H18N2O7S. The highest BCUT2D eigenvalue weighted by molar-refractivity contribution is 7.92. The van der Waals surface area contributed by atoms with E-state index >= 15 is 0 Å². The molecule has 0 atom stereocenters. The van der Waals surface area contributed by atoms with E-state index in [0.29, 0.717) is 5.56 Å². The molecule has 0 radical (unpaired) electrons. The molecule has 168 valence electrons. The average Bonchev–Trinajstić information content (AvgIpc) is 2.99. The average molecular weight is 466 g/mol. The van der Waals surface area contributed by atoms with Crippen LogP contribution in [0.25, 0.3) is 0 Å². The molecule has 0 fully saturated rings. The van der Waals surface area contributed by atoms with Crippen molar-refractivity contribution in [2.24, 2.45) is 0 Å². The molecule has 0 aromatic heterocycles. The van der Waals surface area contributed by atoms with Gasteiger partial charge in [-0.25, -0.2) is 13.2 Å². The summed E-state index contributed by atoms with van der Waals surface area (Å²) in [5, 5.41) is 18.8. The van der Waals surface area contributed by atoms with E-state index in [1.54, 1.807) is 12.1 Å². The van der Waals surface area contributed by atoms with Crippen LogP contribution >= 0.6 is 0 Å². The van der Waals surface area contributed by atoms with Gasteiger partial charge in [-0.3, -0.25) is 19.2 Å². The van der Waals surface area contributed by atoms with E-state index < -0.39 is 33.6 Å². The Morgan fingerprint density at radius 2 is 1.61 bits per heavy atom. The van der Waals surface area contributed by atoms with Crippen molar-refractivity contribution in [1.29, 1.82) is 0 Å². The minimum absolute atomic E-state index is 0.0290. The number of carboxylic acid groups (broad SMARTS) is 1. The van der Waals surface area contributed by atoms with Gasteiger partial charge in [-0.05, 0) is 55.0 Å². The molecule has 3 aromatic rings. The van der Waals surface area contributed by atoms with Crippen molar-refractivity contribution in [3.63, 3.8) is 0 Å². The fraction of sp³-hybridized carbons (Fsp3) is 0.0870. The molecule has 10 heteroatoms. The summed E-state index contributed by atoms with van der Waals surface area (Å²) in [6, 6.07) is 14.1. The van der Waals surface area contributed by atoms with Gasteiger partial charge in [0, 0.05) is 5.69 Å². The molecule has 1 aliphatic heterocycles. The number of aryl methyl sites for hydroxylation is 1. The van der Waals surface area contributed by atoms with Crippen LogP contribution < -0.4 is 4.72 Å². The number of phenols is 1. The van der Waals surface area contributed by atoms with E-state index in [4.69, 9.17) is 5.11 Å². The Morgan fingerprint density at radius 1 is 0.939 bits per heavy atom. The minimum atomic E-state index is -3.90. The molecule has 0 bridgehead atoms. The van der Waals surface area contributed by atoms with Crippen LogP contribution in [-0.4, -0.2) is 41.3 Å². The first-order valence-corrected chi connectivity index (χ1v) is 11.2. The molecule has 1 aliphatic rings. The summed E-state index contributed by atoms with van der Waals surface area (Å²) in [5.74, 6) is -3.01. The molecule has 3 aromatic carbocycles. The van der Waals surface area contributed by atoms with Gasteiger partial charge in [-0.2, -0.15) is 0 Å². The fourth-order valence-electron chi connectivity index (χ4n) is 3.46. The summed E-state index contributed by atoms with van der Waals surface area (Å²) >= 11 is 0. The Hall–Kier alpha value is -4.18. The van der Waals surface area contributed by atoms with E-state index in [9.17, 15) is 27.9 Å². The van der Waals surface area contributed by atoms with Crippen LogP contribution in [0.1, 0.15) is 42.2 Å². The third kappa shape index (κ3) is 4.15. The maximum absolute atomic E-state index is 12.9. The van der Waals surface area contributed by atoms with Gasteiger partial charge in [0.2, 0.25) is 0 Å². The van der Waals surface area contributed by atoms with Crippen LogP contribution in [0.5, 0.6) is 5.75 Å².